The van der Waals surface area contributed by atoms with Crippen LogP contribution in [0.1, 0.15) is 6.42 Å². The van der Waals surface area contributed by atoms with Gasteiger partial charge in [0.1, 0.15) is 29.1 Å². The van der Waals surface area contributed by atoms with Gasteiger partial charge in [0.15, 0.2) is 0 Å². The molecule has 1 fully saturated rings. The van der Waals surface area contributed by atoms with E-state index < -0.39 is 12.1 Å². The largest absolute Gasteiger partial charge is 0.496 e. The van der Waals surface area contributed by atoms with Gasteiger partial charge in [0.25, 0.3) is 0 Å². The maximum atomic E-state index is 13.0. The molecule has 26 heavy (non-hydrogen) atoms. The van der Waals surface area contributed by atoms with E-state index in [9.17, 15) is 9.18 Å². The number of carbonyl (C=O) groups excluding carboxylic acids is 1. The molecule has 2 aromatic heterocycles. The number of H-pyrrole nitrogens is 1. The first-order chi connectivity index (χ1) is 12.6. The molecule has 2 N–H and O–H groups in total. The number of amides is 1. The van der Waals surface area contributed by atoms with E-state index in [4.69, 9.17) is 9.47 Å². The summed E-state index contributed by atoms with van der Waals surface area (Å²) < 4.78 is 24.0. The smallest absolute Gasteiger partial charge is 0.231 e. The van der Waals surface area contributed by atoms with Crippen molar-refractivity contribution in [1.29, 1.82) is 0 Å². The van der Waals surface area contributed by atoms with Gasteiger partial charge in [-0.15, -0.1) is 0 Å². The van der Waals surface area contributed by atoms with Gasteiger partial charge in [-0.05, 0) is 30.7 Å². The van der Waals surface area contributed by atoms with E-state index in [0.29, 0.717) is 23.0 Å². The van der Waals surface area contributed by atoms with Crippen LogP contribution in [-0.4, -0.2) is 36.3 Å². The molecule has 0 unspecified atom stereocenters. The van der Waals surface area contributed by atoms with Crippen molar-refractivity contribution in [3.63, 3.8) is 0 Å². The number of methoxy groups -OCH3 is 2. The van der Waals surface area contributed by atoms with Crippen LogP contribution in [0.25, 0.3) is 22.2 Å². The third-order valence-corrected chi connectivity index (χ3v) is 4.54. The number of hydrogen-bond donors (Lipinski definition) is 2. The SMILES string of the molecule is COc1cccc(OC)c1-c1c[nH]c2nc(NC(=O)[C@H]3C[C@H]3F)ccc12. The fraction of sp³-hybridized carbons (Fsp3) is 0.263. The number of carbonyl (C=O) groups is 1. The predicted octanol–water partition coefficient (Wildman–Crippen LogP) is 3.54. The van der Waals surface area contributed by atoms with Crippen LogP contribution in [0.3, 0.4) is 0 Å². The van der Waals surface area contributed by atoms with Crippen LogP contribution in [0.5, 0.6) is 11.5 Å². The minimum absolute atomic E-state index is 0.286. The molecular weight excluding hydrogens is 337 g/mol. The highest BCUT2D eigenvalue weighted by atomic mass is 19.1. The zero-order chi connectivity index (χ0) is 18.3. The van der Waals surface area contributed by atoms with Crippen LogP contribution in [0.15, 0.2) is 36.5 Å². The van der Waals surface area contributed by atoms with Crippen molar-refractivity contribution in [2.45, 2.75) is 12.6 Å². The minimum Gasteiger partial charge on any atom is -0.496 e. The predicted molar refractivity (Wildman–Crippen MR) is 96.3 cm³/mol. The molecule has 0 bridgehead atoms. The fourth-order valence-electron chi connectivity index (χ4n) is 3.05. The number of anilines is 1. The van der Waals surface area contributed by atoms with E-state index in [1.807, 2.05) is 30.5 Å². The number of halogens is 1. The molecule has 0 saturated heterocycles. The molecule has 134 valence electrons. The van der Waals surface area contributed by atoms with Gasteiger partial charge in [-0.2, -0.15) is 0 Å². The third-order valence-electron chi connectivity index (χ3n) is 4.54. The lowest BCUT2D eigenvalue weighted by Crippen LogP contribution is -2.15. The molecule has 1 amide bonds. The number of fused-ring (bicyclic) bond motifs is 1. The molecule has 6 nitrogen and oxygen atoms in total. The average Bonchev–Trinajstić information content (AvgIpc) is 3.25. The highest BCUT2D eigenvalue weighted by Gasteiger charge is 2.43. The first-order valence-corrected chi connectivity index (χ1v) is 8.26. The van der Waals surface area contributed by atoms with E-state index in [0.717, 1.165) is 16.5 Å². The second-order valence-corrected chi connectivity index (χ2v) is 6.18. The van der Waals surface area contributed by atoms with Gasteiger partial charge in [-0.3, -0.25) is 4.79 Å². The molecule has 1 aliphatic carbocycles. The number of nitrogens with one attached hydrogen (secondary N) is 2. The Balaban J connectivity index is 1.72. The number of pyridine rings is 1. The molecule has 1 aromatic carbocycles. The van der Waals surface area contributed by atoms with Crippen LogP contribution >= 0.6 is 0 Å². The molecule has 4 rings (SSSR count). The highest BCUT2D eigenvalue weighted by Crippen LogP contribution is 2.41. The first-order valence-electron chi connectivity index (χ1n) is 8.26. The molecule has 0 radical (unpaired) electrons. The summed E-state index contributed by atoms with van der Waals surface area (Å²) in [5.41, 5.74) is 2.31. The zero-order valence-corrected chi connectivity index (χ0v) is 14.4. The van der Waals surface area contributed by atoms with Crippen molar-refractivity contribution in [2.75, 3.05) is 19.5 Å². The lowest BCUT2D eigenvalue weighted by atomic mass is 10.0. The van der Waals surface area contributed by atoms with E-state index in [2.05, 4.69) is 15.3 Å². The molecule has 7 heteroatoms. The molecule has 1 saturated carbocycles. The summed E-state index contributed by atoms with van der Waals surface area (Å²) in [4.78, 5) is 19.4. The quantitative estimate of drug-likeness (QED) is 0.734. The summed E-state index contributed by atoms with van der Waals surface area (Å²) in [6, 6.07) is 9.14. The lowest BCUT2D eigenvalue weighted by Gasteiger charge is -2.12. The van der Waals surface area contributed by atoms with Crippen molar-refractivity contribution in [3.05, 3.63) is 36.5 Å². The molecule has 2 atom stereocenters. The Labute approximate surface area is 149 Å². The van der Waals surface area contributed by atoms with E-state index in [-0.39, 0.29) is 12.3 Å². The number of alkyl halides is 1. The second kappa shape index (κ2) is 6.33. The summed E-state index contributed by atoms with van der Waals surface area (Å²) in [7, 11) is 3.21. The Kier molecular flexibility index (Phi) is 3.99. The molecule has 1 aliphatic rings. The van der Waals surface area contributed by atoms with Gasteiger partial charge in [-0.25, -0.2) is 9.37 Å². The maximum absolute atomic E-state index is 13.0. The maximum Gasteiger partial charge on any atom is 0.231 e. The summed E-state index contributed by atoms with van der Waals surface area (Å²) in [6.45, 7) is 0. The van der Waals surface area contributed by atoms with Crippen LogP contribution in [0, 0.1) is 5.92 Å². The van der Waals surface area contributed by atoms with Crippen LogP contribution in [-0.2, 0) is 4.79 Å². The van der Waals surface area contributed by atoms with Gasteiger partial charge in [-0.1, -0.05) is 6.07 Å². The number of aromatic nitrogens is 2. The molecular formula is C19H18FN3O3. The van der Waals surface area contributed by atoms with Gasteiger partial charge in [0.05, 0.1) is 25.7 Å². The second-order valence-electron chi connectivity index (χ2n) is 6.18. The lowest BCUT2D eigenvalue weighted by molar-refractivity contribution is -0.117. The van der Waals surface area contributed by atoms with Gasteiger partial charge in [0.2, 0.25) is 5.91 Å². The standard InChI is InChI=1S/C19H18FN3O3/c1-25-14-4-3-5-15(26-2)17(14)12-9-21-18-10(12)6-7-16(22-18)23-19(24)11-8-13(11)20/h3-7,9,11,13H,8H2,1-2H3,(H2,21,22,23,24)/t11-,13+/m0/s1. The van der Waals surface area contributed by atoms with Crippen molar-refractivity contribution >= 4 is 22.8 Å². The minimum atomic E-state index is -1.03. The Morgan fingerprint density at radius 3 is 2.54 bits per heavy atom. The van der Waals surface area contributed by atoms with Crippen molar-refractivity contribution < 1.29 is 18.7 Å². The number of nitrogens with zero attached hydrogens (tertiary/aromatic N) is 1. The zero-order valence-electron chi connectivity index (χ0n) is 14.4. The normalized spacial score (nSPS) is 18.6. The number of aromatic amines is 1. The third kappa shape index (κ3) is 2.75. The molecule has 0 aliphatic heterocycles. The number of rotatable bonds is 5. The first kappa shape index (κ1) is 16.4. The molecule has 0 spiro atoms. The van der Waals surface area contributed by atoms with Gasteiger partial charge in [0, 0.05) is 17.1 Å². The van der Waals surface area contributed by atoms with Gasteiger partial charge >= 0.3 is 0 Å². The Morgan fingerprint density at radius 1 is 1.23 bits per heavy atom. The van der Waals surface area contributed by atoms with E-state index >= 15 is 0 Å². The number of benzene rings is 1. The van der Waals surface area contributed by atoms with Crippen molar-refractivity contribution in [3.8, 4) is 22.6 Å². The van der Waals surface area contributed by atoms with Crippen molar-refractivity contribution in [1.82, 2.24) is 9.97 Å². The monoisotopic (exact) mass is 355 g/mol. The van der Waals surface area contributed by atoms with Gasteiger partial charge < -0.3 is 19.8 Å². The summed E-state index contributed by atoms with van der Waals surface area (Å²) in [5.74, 6) is 0.879. The van der Waals surface area contributed by atoms with Crippen LogP contribution in [0.4, 0.5) is 10.2 Å². The Morgan fingerprint density at radius 2 is 1.92 bits per heavy atom. The summed E-state index contributed by atoms with van der Waals surface area (Å²) >= 11 is 0. The number of ether oxygens (including phenoxy) is 2. The fourth-order valence-corrected chi connectivity index (χ4v) is 3.05. The molecule has 2 heterocycles. The van der Waals surface area contributed by atoms with Crippen LogP contribution in [0.2, 0.25) is 0 Å². The van der Waals surface area contributed by atoms with Crippen molar-refractivity contribution in [2.24, 2.45) is 5.92 Å². The summed E-state index contributed by atoms with van der Waals surface area (Å²) in [5, 5.41) is 3.52. The highest BCUT2D eigenvalue weighted by molar-refractivity contribution is 5.99. The Bertz CT molecular complexity index is 963. The molecule has 3 aromatic rings. The van der Waals surface area contributed by atoms with E-state index in [1.54, 1.807) is 20.3 Å². The average molecular weight is 355 g/mol. The topological polar surface area (TPSA) is 76.2 Å². The van der Waals surface area contributed by atoms with Crippen LogP contribution < -0.4 is 14.8 Å². The van der Waals surface area contributed by atoms with E-state index in [1.165, 1.54) is 0 Å². The number of hydrogen-bond acceptors (Lipinski definition) is 4. The summed E-state index contributed by atoms with van der Waals surface area (Å²) in [6.07, 6.45) is 1.07. The Hall–Kier alpha value is -3.09.